The van der Waals surface area contributed by atoms with E-state index in [4.69, 9.17) is 4.74 Å². The van der Waals surface area contributed by atoms with Gasteiger partial charge in [0.2, 0.25) is 0 Å². The molecule has 1 nitrogen and oxygen atoms in total. The highest BCUT2D eigenvalue weighted by molar-refractivity contribution is 9.08. The number of rotatable bonds is 11. The molecule has 1 aromatic rings. The van der Waals surface area contributed by atoms with Gasteiger partial charge in [-0.15, -0.1) is 0 Å². The molecule has 0 spiro atoms. The molecule has 0 aliphatic heterocycles. The molecule has 0 amide bonds. The predicted molar refractivity (Wildman–Crippen MR) is 87.1 cm³/mol. The van der Waals surface area contributed by atoms with Crippen molar-refractivity contribution in [3.8, 4) is 5.75 Å². The molecule has 0 saturated carbocycles. The van der Waals surface area contributed by atoms with Crippen molar-refractivity contribution < 1.29 is 13.5 Å². The Balaban J connectivity index is 2.18. The Morgan fingerprint density at radius 1 is 0.905 bits per heavy atom. The summed E-state index contributed by atoms with van der Waals surface area (Å²) in [6, 6.07) is 2.61. The lowest BCUT2D eigenvalue weighted by molar-refractivity contribution is 0.275. The van der Waals surface area contributed by atoms with Gasteiger partial charge in [-0.1, -0.05) is 67.8 Å². The minimum atomic E-state index is -0.621. The van der Waals surface area contributed by atoms with Gasteiger partial charge in [-0.25, -0.2) is 8.78 Å². The standard InChI is InChI=1S/C17H25BrF2O/c1-2-3-4-5-6-7-8-9-10-21-17-15(19)11-14(13-18)12-16(17)20/h11-12H,2-10,13H2,1H3. The van der Waals surface area contributed by atoms with Crippen molar-refractivity contribution in [2.45, 2.75) is 63.6 Å². The van der Waals surface area contributed by atoms with Gasteiger partial charge in [0.05, 0.1) is 6.61 Å². The maximum absolute atomic E-state index is 13.7. The SMILES string of the molecule is CCCCCCCCCCOc1c(F)cc(CBr)cc1F. The van der Waals surface area contributed by atoms with Crippen molar-refractivity contribution in [2.75, 3.05) is 6.61 Å². The van der Waals surface area contributed by atoms with Gasteiger partial charge in [0, 0.05) is 5.33 Å². The predicted octanol–water partition coefficient (Wildman–Crippen LogP) is 6.38. The van der Waals surface area contributed by atoms with E-state index in [1.165, 1.54) is 50.7 Å². The van der Waals surface area contributed by atoms with E-state index in [2.05, 4.69) is 22.9 Å². The smallest absolute Gasteiger partial charge is 0.190 e. The number of ether oxygens (including phenoxy) is 1. The molecular weight excluding hydrogens is 338 g/mol. The third kappa shape index (κ3) is 7.25. The van der Waals surface area contributed by atoms with Gasteiger partial charge in [-0.3, -0.25) is 0 Å². The van der Waals surface area contributed by atoms with Crippen LogP contribution in [0.2, 0.25) is 0 Å². The molecule has 0 fully saturated rings. The van der Waals surface area contributed by atoms with Crippen LogP contribution in [0.25, 0.3) is 0 Å². The van der Waals surface area contributed by atoms with Crippen LogP contribution in [0.15, 0.2) is 12.1 Å². The Bertz CT molecular complexity index is 387. The lowest BCUT2D eigenvalue weighted by Gasteiger charge is -2.09. The van der Waals surface area contributed by atoms with E-state index in [0.29, 0.717) is 17.5 Å². The number of unbranched alkanes of at least 4 members (excludes halogenated alkanes) is 7. The van der Waals surface area contributed by atoms with E-state index in [-0.39, 0.29) is 5.75 Å². The van der Waals surface area contributed by atoms with Crippen LogP contribution in [0, 0.1) is 11.6 Å². The molecule has 0 saturated heterocycles. The lowest BCUT2D eigenvalue weighted by Crippen LogP contribution is -2.02. The van der Waals surface area contributed by atoms with Crippen LogP contribution in [0.1, 0.15) is 63.9 Å². The van der Waals surface area contributed by atoms with Gasteiger partial charge in [0.15, 0.2) is 17.4 Å². The Hall–Kier alpha value is -0.640. The highest BCUT2D eigenvalue weighted by Gasteiger charge is 2.12. The summed E-state index contributed by atoms with van der Waals surface area (Å²) in [7, 11) is 0. The Morgan fingerprint density at radius 2 is 1.43 bits per heavy atom. The largest absolute Gasteiger partial charge is 0.488 e. The summed E-state index contributed by atoms with van der Waals surface area (Å²) in [5, 5.41) is 0.430. The summed E-state index contributed by atoms with van der Waals surface area (Å²) in [4.78, 5) is 0. The third-order valence-corrected chi connectivity index (χ3v) is 4.10. The van der Waals surface area contributed by atoms with Crippen LogP contribution in [-0.2, 0) is 5.33 Å². The van der Waals surface area contributed by atoms with Gasteiger partial charge in [-0.05, 0) is 24.1 Å². The minimum Gasteiger partial charge on any atom is -0.488 e. The highest BCUT2D eigenvalue weighted by atomic mass is 79.9. The third-order valence-electron chi connectivity index (χ3n) is 3.46. The minimum absolute atomic E-state index is 0.248. The average molecular weight is 363 g/mol. The van der Waals surface area contributed by atoms with E-state index in [9.17, 15) is 8.78 Å². The van der Waals surface area contributed by atoms with E-state index in [1.54, 1.807) is 0 Å². The van der Waals surface area contributed by atoms with Crippen LogP contribution in [0.3, 0.4) is 0 Å². The molecule has 1 aromatic carbocycles. The zero-order valence-electron chi connectivity index (χ0n) is 12.8. The summed E-state index contributed by atoms with van der Waals surface area (Å²) >= 11 is 3.18. The fourth-order valence-corrected chi connectivity index (χ4v) is 2.56. The molecule has 0 radical (unpaired) electrons. The first kappa shape index (κ1) is 18.4. The molecule has 0 aliphatic carbocycles. The summed E-state index contributed by atoms with van der Waals surface area (Å²) < 4.78 is 32.6. The van der Waals surface area contributed by atoms with Crippen molar-refractivity contribution in [1.29, 1.82) is 0 Å². The Kier molecular flexibility index (Phi) is 9.64. The second-order valence-corrected chi connectivity index (χ2v) is 5.91. The molecule has 0 aliphatic rings. The van der Waals surface area contributed by atoms with Gasteiger partial charge in [0.1, 0.15) is 0 Å². The van der Waals surface area contributed by atoms with Gasteiger partial charge in [-0.2, -0.15) is 0 Å². The number of hydrogen-bond acceptors (Lipinski definition) is 1. The molecule has 0 heterocycles. The second-order valence-electron chi connectivity index (χ2n) is 5.35. The molecule has 0 atom stereocenters. The lowest BCUT2D eigenvalue weighted by atomic mass is 10.1. The summed E-state index contributed by atoms with van der Waals surface area (Å²) in [6.07, 6.45) is 9.46. The number of benzene rings is 1. The van der Waals surface area contributed by atoms with Crippen LogP contribution >= 0.6 is 15.9 Å². The Labute approximate surface area is 135 Å². The monoisotopic (exact) mass is 362 g/mol. The zero-order valence-corrected chi connectivity index (χ0v) is 14.4. The summed E-state index contributed by atoms with van der Waals surface area (Å²) in [5.41, 5.74) is 0.574. The number of alkyl halides is 1. The van der Waals surface area contributed by atoms with Gasteiger partial charge >= 0.3 is 0 Å². The van der Waals surface area contributed by atoms with Crippen LogP contribution < -0.4 is 4.74 Å². The number of hydrogen-bond donors (Lipinski definition) is 0. The first-order valence-corrected chi connectivity index (χ1v) is 8.97. The van der Waals surface area contributed by atoms with Crippen molar-refractivity contribution in [1.82, 2.24) is 0 Å². The van der Waals surface area contributed by atoms with Crippen molar-refractivity contribution in [2.24, 2.45) is 0 Å². The topological polar surface area (TPSA) is 9.23 Å². The molecular formula is C17H25BrF2O. The molecule has 0 unspecified atom stereocenters. The van der Waals surface area contributed by atoms with Crippen molar-refractivity contribution in [3.63, 3.8) is 0 Å². The molecule has 21 heavy (non-hydrogen) atoms. The number of halogens is 3. The first-order chi connectivity index (χ1) is 10.2. The second kappa shape index (κ2) is 11.0. The van der Waals surface area contributed by atoms with Crippen LogP contribution in [0.5, 0.6) is 5.75 Å². The molecule has 4 heteroatoms. The normalized spacial score (nSPS) is 10.9. The first-order valence-electron chi connectivity index (χ1n) is 7.85. The molecule has 0 N–H and O–H groups in total. The van der Waals surface area contributed by atoms with E-state index in [1.807, 2.05) is 0 Å². The van der Waals surface area contributed by atoms with Crippen molar-refractivity contribution in [3.05, 3.63) is 29.3 Å². The van der Waals surface area contributed by atoms with E-state index < -0.39 is 11.6 Å². The molecule has 0 bridgehead atoms. The Morgan fingerprint density at radius 3 is 1.95 bits per heavy atom. The highest BCUT2D eigenvalue weighted by Crippen LogP contribution is 2.24. The van der Waals surface area contributed by atoms with Gasteiger partial charge in [0.25, 0.3) is 0 Å². The molecule has 0 aromatic heterocycles. The zero-order chi connectivity index (χ0) is 15.5. The van der Waals surface area contributed by atoms with E-state index in [0.717, 1.165) is 12.8 Å². The maximum Gasteiger partial charge on any atom is 0.190 e. The maximum atomic E-state index is 13.7. The fraction of sp³-hybridized carbons (Fsp3) is 0.647. The summed E-state index contributed by atoms with van der Waals surface area (Å²) in [5.74, 6) is -1.49. The van der Waals surface area contributed by atoms with Crippen LogP contribution in [0.4, 0.5) is 8.78 Å². The molecule has 1 rings (SSSR count). The average Bonchev–Trinajstić information content (AvgIpc) is 2.47. The van der Waals surface area contributed by atoms with E-state index >= 15 is 0 Å². The summed E-state index contributed by atoms with van der Waals surface area (Å²) in [6.45, 7) is 2.58. The quantitative estimate of drug-likeness (QED) is 0.327. The van der Waals surface area contributed by atoms with Crippen LogP contribution in [-0.4, -0.2) is 6.61 Å². The van der Waals surface area contributed by atoms with Gasteiger partial charge < -0.3 is 4.74 Å². The van der Waals surface area contributed by atoms with Crippen molar-refractivity contribution >= 4 is 15.9 Å². The fourth-order valence-electron chi connectivity index (χ4n) is 2.24. The molecule has 120 valence electrons.